The molecule has 1 atom stereocenters. The highest BCUT2D eigenvalue weighted by Gasteiger charge is 2.62. The van der Waals surface area contributed by atoms with E-state index < -0.39 is 33.1 Å². The van der Waals surface area contributed by atoms with Crippen molar-refractivity contribution in [1.29, 1.82) is 0 Å². The molecule has 51 heavy (non-hydrogen) atoms. The van der Waals surface area contributed by atoms with Gasteiger partial charge >= 0.3 is 12.3 Å². The monoisotopic (exact) mass is 757 g/mol. The van der Waals surface area contributed by atoms with E-state index >= 15 is 0 Å². The molecule has 3 aromatic rings. The predicted octanol–water partition coefficient (Wildman–Crippen LogP) is 6.47. The lowest BCUT2D eigenvalue weighted by Crippen LogP contribution is -2.45. The molecule has 1 N–H and O–H groups in total. The Morgan fingerprint density at radius 1 is 1.12 bits per heavy atom. The summed E-state index contributed by atoms with van der Waals surface area (Å²) in [7, 11) is -4.34. The van der Waals surface area contributed by atoms with Gasteiger partial charge in [0.2, 0.25) is 5.88 Å². The first-order valence-electron chi connectivity index (χ1n) is 16.6. The summed E-state index contributed by atoms with van der Waals surface area (Å²) in [5, 5.41) is 8.18. The summed E-state index contributed by atoms with van der Waals surface area (Å²) in [6, 6.07) is 4.12. The summed E-state index contributed by atoms with van der Waals surface area (Å²) in [4.78, 5) is 31.5. The number of hydrogen-bond acceptors (Lipinski definition) is 9. The first kappa shape index (κ1) is 38.4. The van der Waals surface area contributed by atoms with Crippen molar-refractivity contribution in [3.8, 4) is 11.7 Å². The topological polar surface area (TPSA) is 151 Å². The Labute approximate surface area is 299 Å². The van der Waals surface area contributed by atoms with E-state index in [0.29, 0.717) is 19.5 Å². The van der Waals surface area contributed by atoms with E-state index in [9.17, 15) is 31.2 Å². The predicted molar refractivity (Wildman–Crippen MR) is 180 cm³/mol. The highest BCUT2D eigenvalue weighted by molar-refractivity contribution is 7.90. The molecule has 2 aliphatic rings. The molecule has 1 unspecified atom stereocenters. The minimum atomic E-state index is -4.34. The van der Waals surface area contributed by atoms with Crippen LogP contribution >= 0.6 is 11.6 Å². The second kappa shape index (κ2) is 13.9. The molecule has 0 bridgehead atoms. The third kappa shape index (κ3) is 8.96. The maximum Gasteiger partial charge on any atom is 0.410 e. The van der Waals surface area contributed by atoms with Gasteiger partial charge in [-0.25, -0.2) is 27.6 Å². The van der Waals surface area contributed by atoms with E-state index in [-0.39, 0.29) is 76.4 Å². The van der Waals surface area contributed by atoms with Gasteiger partial charge in [-0.1, -0.05) is 11.6 Å². The Hall–Kier alpha value is -3.86. The van der Waals surface area contributed by atoms with Crippen molar-refractivity contribution in [2.45, 2.75) is 109 Å². The Balaban J connectivity index is 1.14. The summed E-state index contributed by atoms with van der Waals surface area (Å²) in [6.07, 6.45) is 0.498. The first-order chi connectivity index (χ1) is 23.6. The highest BCUT2D eigenvalue weighted by Crippen LogP contribution is 2.59. The van der Waals surface area contributed by atoms with Crippen LogP contribution in [-0.4, -0.2) is 80.3 Å². The molecule has 0 spiro atoms. The number of pyridine rings is 1. The lowest BCUT2D eigenvalue weighted by molar-refractivity contribution is -0.190. The lowest BCUT2D eigenvalue weighted by Gasteiger charge is -2.33. The van der Waals surface area contributed by atoms with Crippen molar-refractivity contribution in [2.24, 2.45) is 11.3 Å². The van der Waals surface area contributed by atoms with Crippen LogP contribution in [0.5, 0.6) is 5.88 Å². The number of halogens is 4. The Bertz CT molecular complexity index is 1880. The number of nitrogens with zero attached hydrogens (tertiary/aromatic N) is 6. The zero-order valence-corrected chi connectivity index (χ0v) is 31.0. The standard InChI is InChI=1S/C33H43ClF3N7O6S/c1-21-24(20-42(39-21)15-7-8-22-18-31(5,6)43(19-22)29(46)50-30(2,3)4)51(47,48)41-28(45)23-9-10-25(38-27(23)34)44-16-11-26(40-44)49-17-14-32(12-13-32)33(35,36)37/h9-11,16,20,22H,7-8,12-15,17-19H2,1-6H3,(H,41,45). The SMILES string of the molecule is Cc1nn(CCCC2CN(C(=O)OC(C)(C)C)C(C)(C)C2)cc1S(=O)(=O)NC(=O)c1ccc(-n2ccc(OCCC3(C(F)(F)F)CC3)n2)nc1Cl. The van der Waals surface area contributed by atoms with Crippen molar-refractivity contribution in [3.05, 3.63) is 47.0 Å². The molecule has 2 amide bonds. The number of alkyl halides is 3. The van der Waals surface area contributed by atoms with Crippen molar-refractivity contribution in [2.75, 3.05) is 13.2 Å². The number of amides is 2. The minimum absolute atomic E-state index is 0.0838. The third-order valence-electron chi connectivity index (χ3n) is 9.15. The molecular weight excluding hydrogens is 715 g/mol. The number of hydrogen-bond donors (Lipinski definition) is 1. The quantitative estimate of drug-likeness (QED) is 0.205. The molecule has 2 fully saturated rings. The van der Waals surface area contributed by atoms with Crippen LogP contribution in [0.15, 0.2) is 35.5 Å². The normalized spacial score (nSPS) is 18.5. The number of aryl methyl sites for hydroxylation is 2. The molecule has 3 aromatic heterocycles. The van der Waals surface area contributed by atoms with Gasteiger partial charge in [-0.15, -0.1) is 5.10 Å². The number of aromatic nitrogens is 5. The maximum atomic E-state index is 13.2. The van der Waals surface area contributed by atoms with Gasteiger partial charge in [0.1, 0.15) is 15.6 Å². The number of carbonyl (C=O) groups is 2. The maximum absolute atomic E-state index is 13.2. The molecule has 18 heteroatoms. The fraction of sp³-hybridized carbons (Fsp3) is 0.606. The molecule has 0 radical (unpaired) electrons. The summed E-state index contributed by atoms with van der Waals surface area (Å²) < 4.78 is 81.7. The molecular formula is C33H43ClF3N7O6S. The molecule has 0 aromatic carbocycles. The number of rotatable bonds is 12. The van der Waals surface area contributed by atoms with Crippen molar-refractivity contribution >= 4 is 33.6 Å². The Morgan fingerprint density at radius 3 is 2.45 bits per heavy atom. The van der Waals surface area contributed by atoms with E-state index in [4.69, 9.17) is 21.1 Å². The summed E-state index contributed by atoms with van der Waals surface area (Å²) in [5.74, 6) is -0.513. The van der Waals surface area contributed by atoms with Gasteiger partial charge in [-0.05, 0) is 98.1 Å². The first-order valence-corrected chi connectivity index (χ1v) is 18.5. The molecule has 4 heterocycles. The second-order valence-electron chi connectivity index (χ2n) is 14.9. The van der Waals surface area contributed by atoms with E-state index in [1.807, 2.05) is 39.3 Å². The van der Waals surface area contributed by atoms with Gasteiger partial charge in [0.15, 0.2) is 5.82 Å². The van der Waals surface area contributed by atoms with Gasteiger partial charge in [0.05, 0.1) is 23.3 Å². The molecule has 1 saturated heterocycles. The molecule has 5 rings (SSSR count). The van der Waals surface area contributed by atoms with Crippen LogP contribution < -0.4 is 9.46 Å². The Kier molecular flexibility index (Phi) is 10.5. The van der Waals surface area contributed by atoms with Gasteiger partial charge in [-0.3, -0.25) is 9.48 Å². The van der Waals surface area contributed by atoms with Crippen LogP contribution in [0, 0.1) is 18.3 Å². The van der Waals surface area contributed by atoms with Gasteiger partial charge < -0.3 is 14.4 Å². The fourth-order valence-corrected chi connectivity index (χ4v) is 7.67. The summed E-state index contributed by atoms with van der Waals surface area (Å²) in [6.45, 7) is 11.9. The number of ether oxygens (including phenoxy) is 2. The average Bonchev–Trinajstić information content (AvgIpc) is 3.32. The van der Waals surface area contributed by atoms with Crippen molar-refractivity contribution < 1.29 is 40.7 Å². The zero-order valence-electron chi connectivity index (χ0n) is 29.4. The zero-order chi connectivity index (χ0) is 37.6. The van der Waals surface area contributed by atoms with E-state index in [1.54, 1.807) is 4.90 Å². The lowest BCUT2D eigenvalue weighted by atomic mass is 9.93. The van der Waals surface area contributed by atoms with Crippen LogP contribution in [0.2, 0.25) is 5.15 Å². The molecule has 1 aliphatic carbocycles. The molecule has 280 valence electrons. The average molecular weight is 758 g/mol. The Morgan fingerprint density at radius 2 is 1.82 bits per heavy atom. The number of carbonyl (C=O) groups excluding carboxylic acids is 2. The minimum Gasteiger partial charge on any atom is -0.477 e. The smallest absolute Gasteiger partial charge is 0.410 e. The van der Waals surface area contributed by atoms with Crippen molar-refractivity contribution in [3.63, 3.8) is 0 Å². The molecule has 13 nitrogen and oxygen atoms in total. The number of sulfonamides is 1. The largest absolute Gasteiger partial charge is 0.477 e. The van der Waals surface area contributed by atoms with Gasteiger partial charge in [-0.2, -0.15) is 18.3 Å². The van der Waals surface area contributed by atoms with Crippen LogP contribution in [0.3, 0.4) is 0 Å². The molecule has 1 aliphatic heterocycles. The van der Waals surface area contributed by atoms with Crippen molar-refractivity contribution in [1.82, 2.24) is 34.2 Å². The van der Waals surface area contributed by atoms with Crippen LogP contribution in [0.25, 0.3) is 5.82 Å². The number of nitrogens with one attached hydrogen (secondary N) is 1. The van der Waals surface area contributed by atoms with Crippen LogP contribution in [0.4, 0.5) is 18.0 Å². The van der Waals surface area contributed by atoms with Gasteiger partial charge in [0.25, 0.3) is 15.9 Å². The summed E-state index contributed by atoms with van der Waals surface area (Å²) >= 11 is 6.27. The van der Waals surface area contributed by atoms with E-state index in [1.165, 1.54) is 46.9 Å². The molecule has 1 saturated carbocycles. The fourth-order valence-electron chi connectivity index (χ4n) is 6.28. The second-order valence-corrected chi connectivity index (χ2v) is 16.9. The third-order valence-corrected chi connectivity index (χ3v) is 10.9. The van der Waals surface area contributed by atoms with Crippen LogP contribution in [0.1, 0.15) is 89.2 Å². The number of likely N-dealkylation sites (tertiary alicyclic amines) is 1. The highest BCUT2D eigenvalue weighted by atomic mass is 35.5. The van der Waals surface area contributed by atoms with Gasteiger partial charge in [0, 0.05) is 37.1 Å². The summed E-state index contributed by atoms with van der Waals surface area (Å²) in [5.41, 5.74) is -2.63. The van der Waals surface area contributed by atoms with E-state index in [0.717, 1.165) is 12.8 Å². The van der Waals surface area contributed by atoms with E-state index in [2.05, 4.69) is 15.2 Å². The van der Waals surface area contributed by atoms with Crippen LogP contribution in [-0.2, 0) is 21.3 Å².